The van der Waals surface area contributed by atoms with Crippen molar-refractivity contribution >= 4 is 0 Å². The molecular weight excluding hydrogens is 94.0 g/mol. The molecule has 0 saturated heterocycles. The Morgan fingerprint density at radius 1 is 1.14 bits per heavy atom. The first-order valence-electron chi connectivity index (χ1n) is 2.40. The van der Waals surface area contributed by atoms with Gasteiger partial charge >= 0.3 is 0 Å². The Labute approximate surface area is 43.5 Å². The summed E-state index contributed by atoms with van der Waals surface area (Å²) in [5.74, 6) is 0. The standard InChI is InChI=1S/C4H11NO2/c1-3-6-5-7-4-2/h5H,3-4H2,1-2H3. The van der Waals surface area contributed by atoms with E-state index >= 15 is 0 Å². The van der Waals surface area contributed by atoms with Gasteiger partial charge in [-0.25, -0.2) is 0 Å². The van der Waals surface area contributed by atoms with Crippen molar-refractivity contribution in [1.29, 1.82) is 0 Å². The van der Waals surface area contributed by atoms with Gasteiger partial charge < -0.3 is 0 Å². The smallest absolute Gasteiger partial charge is 0.0680 e. The maximum absolute atomic E-state index is 4.60. The summed E-state index contributed by atoms with van der Waals surface area (Å²) in [5.41, 5.74) is 2.28. The van der Waals surface area contributed by atoms with Crippen molar-refractivity contribution < 1.29 is 9.68 Å². The average Bonchev–Trinajstić information content (AvgIpc) is 1.69. The van der Waals surface area contributed by atoms with Gasteiger partial charge in [0.1, 0.15) is 0 Å². The molecule has 0 aliphatic carbocycles. The molecule has 3 nitrogen and oxygen atoms in total. The van der Waals surface area contributed by atoms with Gasteiger partial charge in [0.2, 0.25) is 0 Å². The summed E-state index contributed by atoms with van der Waals surface area (Å²) < 4.78 is 0. The lowest BCUT2D eigenvalue weighted by molar-refractivity contribution is -0.163. The lowest BCUT2D eigenvalue weighted by atomic mass is 10.9. The highest BCUT2D eigenvalue weighted by Gasteiger charge is 1.74. The molecule has 3 heteroatoms. The zero-order valence-corrected chi connectivity index (χ0v) is 4.73. The van der Waals surface area contributed by atoms with Gasteiger partial charge in [0.05, 0.1) is 13.2 Å². The highest BCUT2D eigenvalue weighted by molar-refractivity contribution is 3.99. The number of nitrogens with one attached hydrogen (secondary N) is 1. The Balaban J connectivity index is 2.45. The molecule has 0 fully saturated rings. The molecule has 0 bridgehead atoms. The summed E-state index contributed by atoms with van der Waals surface area (Å²) in [4.78, 5) is 9.20. The fourth-order valence-electron chi connectivity index (χ4n) is 0.160. The van der Waals surface area contributed by atoms with Gasteiger partial charge in [-0.1, -0.05) is 5.64 Å². The normalized spacial score (nSPS) is 9.43. The van der Waals surface area contributed by atoms with Gasteiger partial charge in [-0.3, -0.25) is 9.68 Å². The first kappa shape index (κ1) is 6.88. The third-order valence-corrected chi connectivity index (χ3v) is 0.407. The Hall–Kier alpha value is -0.120. The van der Waals surface area contributed by atoms with Crippen LogP contribution in [-0.4, -0.2) is 13.2 Å². The van der Waals surface area contributed by atoms with Crippen LogP contribution >= 0.6 is 0 Å². The highest BCUT2D eigenvalue weighted by atomic mass is 16.9. The van der Waals surface area contributed by atoms with Crippen molar-refractivity contribution in [3.8, 4) is 0 Å². The van der Waals surface area contributed by atoms with Crippen molar-refractivity contribution in [1.82, 2.24) is 5.64 Å². The van der Waals surface area contributed by atoms with Crippen LogP contribution in [0, 0.1) is 0 Å². The van der Waals surface area contributed by atoms with Crippen molar-refractivity contribution in [2.24, 2.45) is 0 Å². The molecule has 0 unspecified atom stereocenters. The molecule has 0 aliphatic rings. The van der Waals surface area contributed by atoms with E-state index in [0.29, 0.717) is 13.2 Å². The van der Waals surface area contributed by atoms with Crippen LogP contribution in [0.5, 0.6) is 0 Å². The van der Waals surface area contributed by atoms with Gasteiger partial charge in [-0.05, 0) is 13.8 Å². The molecule has 0 aliphatic heterocycles. The van der Waals surface area contributed by atoms with E-state index in [0.717, 1.165) is 0 Å². The minimum atomic E-state index is 0.625. The van der Waals surface area contributed by atoms with E-state index in [1.54, 1.807) is 0 Å². The SMILES string of the molecule is CCONOCC. The second kappa shape index (κ2) is 5.88. The minimum Gasteiger partial charge on any atom is -0.277 e. The summed E-state index contributed by atoms with van der Waals surface area (Å²) in [6.45, 7) is 5.01. The molecule has 0 aromatic carbocycles. The lowest BCUT2D eigenvalue weighted by Gasteiger charge is -1.98. The monoisotopic (exact) mass is 105 g/mol. The van der Waals surface area contributed by atoms with Crippen LogP contribution in [0.25, 0.3) is 0 Å². The molecule has 7 heavy (non-hydrogen) atoms. The van der Waals surface area contributed by atoms with E-state index in [1.807, 2.05) is 13.8 Å². The van der Waals surface area contributed by atoms with E-state index in [4.69, 9.17) is 0 Å². The van der Waals surface area contributed by atoms with Crippen LogP contribution in [0.15, 0.2) is 0 Å². The topological polar surface area (TPSA) is 30.5 Å². The van der Waals surface area contributed by atoms with Crippen molar-refractivity contribution in [2.75, 3.05) is 13.2 Å². The van der Waals surface area contributed by atoms with Crippen LogP contribution in [0.2, 0.25) is 0 Å². The molecule has 0 saturated carbocycles. The van der Waals surface area contributed by atoms with E-state index in [1.165, 1.54) is 0 Å². The Bertz CT molecular complexity index is 28.9. The summed E-state index contributed by atoms with van der Waals surface area (Å²) in [5, 5.41) is 0. The van der Waals surface area contributed by atoms with Crippen LogP contribution in [0.3, 0.4) is 0 Å². The van der Waals surface area contributed by atoms with Crippen LogP contribution in [0.4, 0.5) is 0 Å². The number of rotatable bonds is 4. The van der Waals surface area contributed by atoms with Crippen molar-refractivity contribution in [2.45, 2.75) is 13.8 Å². The van der Waals surface area contributed by atoms with E-state index < -0.39 is 0 Å². The summed E-state index contributed by atoms with van der Waals surface area (Å²) in [7, 11) is 0. The molecular formula is C4H11NO2. The molecule has 1 N–H and O–H groups in total. The predicted molar refractivity (Wildman–Crippen MR) is 26.4 cm³/mol. The third-order valence-electron chi connectivity index (χ3n) is 0.407. The fraction of sp³-hybridized carbons (Fsp3) is 1.00. The summed E-state index contributed by atoms with van der Waals surface area (Å²) in [6, 6.07) is 0. The third kappa shape index (κ3) is 5.88. The lowest BCUT2D eigenvalue weighted by Crippen LogP contribution is -2.14. The summed E-state index contributed by atoms with van der Waals surface area (Å²) >= 11 is 0. The second-order valence-corrected chi connectivity index (χ2v) is 0.949. The largest absolute Gasteiger partial charge is 0.277 e. The Morgan fingerprint density at radius 2 is 1.57 bits per heavy atom. The molecule has 0 radical (unpaired) electrons. The Kier molecular flexibility index (Phi) is 5.78. The van der Waals surface area contributed by atoms with Crippen LogP contribution in [-0.2, 0) is 9.68 Å². The molecule has 0 amide bonds. The van der Waals surface area contributed by atoms with Gasteiger partial charge in [-0.2, -0.15) is 0 Å². The fourth-order valence-corrected chi connectivity index (χ4v) is 0.160. The van der Waals surface area contributed by atoms with E-state index in [9.17, 15) is 0 Å². The van der Waals surface area contributed by atoms with Crippen LogP contribution < -0.4 is 5.64 Å². The maximum Gasteiger partial charge on any atom is 0.0680 e. The van der Waals surface area contributed by atoms with Gasteiger partial charge in [0.15, 0.2) is 0 Å². The highest BCUT2D eigenvalue weighted by Crippen LogP contribution is 1.64. The maximum atomic E-state index is 4.60. The van der Waals surface area contributed by atoms with Gasteiger partial charge in [0, 0.05) is 0 Å². The van der Waals surface area contributed by atoms with E-state index in [2.05, 4.69) is 15.3 Å². The molecule has 0 heterocycles. The Morgan fingerprint density at radius 3 is 1.86 bits per heavy atom. The van der Waals surface area contributed by atoms with E-state index in [-0.39, 0.29) is 0 Å². The average molecular weight is 105 g/mol. The van der Waals surface area contributed by atoms with Gasteiger partial charge in [0.25, 0.3) is 0 Å². The van der Waals surface area contributed by atoms with Crippen LogP contribution in [0.1, 0.15) is 13.8 Å². The first-order valence-corrected chi connectivity index (χ1v) is 2.40. The molecule has 0 aromatic rings. The number of hydrogen-bond donors (Lipinski definition) is 1. The van der Waals surface area contributed by atoms with Gasteiger partial charge in [-0.15, -0.1) is 0 Å². The zero-order chi connectivity index (χ0) is 5.54. The first-order chi connectivity index (χ1) is 3.41. The van der Waals surface area contributed by atoms with Crippen molar-refractivity contribution in [3.63, 3.8) is 0 Å². The zero-order valence-electron chi connectivity index (χ0n) is 4.73. The predicted octanol–water partition coefficient (Wildman–Crippen LogP) is 0.479. The minimum absolute atomic E-state index is 0.625. The van der Waals surface area contributed by atoms with Crippen molar-refractivity contribution in [3.05, 3.63) is 0 Å². The molecule has 0 aromatic heterocycles. The second-order valence-electron chi connectivity index (χ2n) is 0.949. The quantitative estimate of drug-likeness (QED) is 0.416. The molecule has 0 rings (SSSR count). The molecule has 0 atom stereocenters. The molecule has 0 spiro atoms. The number of hydrogen-bond acceptors (Lipinski definition) is 3. The molecule has 44 valence electrons. The summed E-state index contributed by atoms with van der Waals surface area (Å²) in [6.07, 6.45) is 0.